The molecule has 1 aromatic carbocycles. The van der Waals surface area contributed by atoms with Gasteiger partial charge < -0.3 is 5.11 Å². The van der Waals surface area contributed by atoms with Gasteiger partial charge in [-0.1, -0.05) is 42.1 Å². The lowest BCUT2D eigenvalue weighted by Crippen LogP contribution is -2.26. The normalized spacial score (nSPS) is 10.5. The molecular weight excluding hydrogens is 152 g/mol. The highest BCUT2D eigenvalue weighted by molar-refractivity contribution is 6.72. The average molecular weight is 165 g/mol. The largest absolute Gasteiger partial charge is 0.397 e. The standard InChI is InChI=1S/C9H13OSi/c1-11(8-7-10)9-5-3-2-4-6-9/h2-6,10H,7-8H2,1H3. The molecule has 0 amide bonds. The van der Waals surface area contributed by atoms with Gasteiger partial charge in [-0.2, -0.15) is 0 Å². The first-order chi connectivity index (χ1) is 5.34. The third-order valence-corrected chi connectivity index (χ3v) is 4.05. The smallest absolute Gasteiger partial charge is 0.0847 e. The van der Waals surface area contributed by atoms with Crippen LogP contribution in [0.2, 0.25) is 12.6 Å². The lowest BCUT2D eigenvalue weighted by Gasteiger charge is -2.06. The van der Waals surface area contributed by atoms with E-state index in [0.29, 0.717) is 6.61 Å². The zero-order valence-electron chi connectivity index (χ0n) is 6.75. The number of benzene rings is 1. The molecule has 1 nitrogen and oxygen atoms in total. The van der Waals surface area contributed by atoms with Crippen molar-refractivity contribution in [1.82, 2.24) is 0 Å². The van der Waals surface area contributed by atoms with Crippen LogP contribution in [-0.4, -0.2) is 20.5 Å². The minimum atomic E-state index is -0.468. The molecule has 1 aromatic rings. The van der Waals surface area contributed by atoms with Gasteiger partial charge in [-0.05, 0) is 6.04 Å². The van der Waals surface area contributed by atoms with Crippen molar-refractivity contribution in [2.75, 3.05) is 6.61 Å². The van der Waals surface area contributed by atoms with Crippen LogP contribution in [0.4, 0.5) is 0 Å². The number of hydrogen-bond acceptors (Lipinski definition) is 1. The van der Waals surface area contributed by atoms with Gasteiger partial charge in [0.1, 0.15) is 0 Å². The summed E-state index contributed by atoms with van der Waals surface area (Å²) in [5.74, 6) is 0. The van der Waals surface area contributed by atoms with Crippen LogP contribution in [0.25, 0.3) is 0 Å². The van der Waals surface area contributed by atoms with E-state index < -0.39 is 8.80 Å². The summed E-state index contributed by atoms with van der Waals surface area (Å²) in [7, 11) is -0.468. The van der Waals surface area contributed by atoms with Crippen LogP contribution in [-0.2, 0) is 0 Å². The van der Waals surface area contributed by atoms with E-state index in [2.05, 4.69) is 30.8 Å². The number of aliphatic hydroxyl groups excluding tert-OH is 1. The lowest BCUT2D eigenvalue weighted by atomic mass is 10.4. The van der Waals surface area contributed by atoms with Crippen molar-refractivity contribution < 1.29 is 5.11 Å². The molecule has 2 heteroatoms. The minimum absolute atomic E-state index is 0.319. The van der Waals surface area contributed by atoms with Gasteiger partial charge in [-0.25, -0.2) is 0 Å². The molecule has 0 aromatic heterocycles. The third kappa shape index (κ3) is 2.48. The van der Waals surface area contributed by atoms with E-state index in [-0.39, 0.29) is 0 Å². The van der Waals surface area contributed by atoms with Gasteiger partial charge in [0.25, 0.3) is 0 Å². The molecular formula is C9H13OSi. The van der Waals surface area contributed by atoms with Gasteiger partial charge in [-0.3, -0.25) is 0 Å². The van der Waals surface area contributed by atoms with E-state index in [1.54, 1.807) is 0 Å². The van der Waals surface area contributed by atoms with Crippen LogP contribution in [0, 0.1) is 0 Å². The monoisotopic (exact) mass is 165 g/mol. The molecule has 11 heavy (non-hydrogen) atoms. The Kier molecular flexibility index (Phi) is 3.33. The first-order valence-electron chi connectivity index (χ1n) is 3.83. The SMILES string of the molecule is C[Si](CCO)c1ccccc1. The minimum Gasteiger partial charge on any atom is -0.397 e. The fourth-order valence-electron chi connectivity index (χ4n) is 1.03. The summed E-state index contributed by atoms with van der Waals surface area (Å²) in [5, 5.41) is 10.1. The van der Waals surface area contributed by atoms with E-state index in [0.717, 1.165) is 6.04 Å². The molecule has 0 saturated carbocycles. The number of hydrogen-bond donors (Lipinski definition) is 1. The van der Waals surface area contributed by atoms with Gasteiger partial charge >= 0.3 is 0 Å². The van der Waals surface area contributed by atoms with Crippen molar-refractivity contribution >= 4 is 14.0 Å². The molecule has 0 unspecified atom stereocenters. The second kappa shape index (κ2) is 4.31. The third-order valence-electron chi connectivity index (χ3n) is 1.75. The van der Waals surface area contributed by atoms with E-state index >= 15 is 0 Å². The first-order valence-corrected chi connectivity index (χ1v) is 6.04. The van der Waals surface area contributed by atoms with Crippen LogP contribution in [0.15, 0.2) is 30.3 Å². The number of aliphatic hydroxyl groups is 1. The summed E-state index contributed by atoms with van der Waals surface area (Å²) in [4.78, 5) is 0. The summed E-state index contributed by atoms with van der Waals surface area (Å²) < 4.78 is 0. The molecule has 1 rings (SSSR count). The highest BCUT2D eigenvalue weighted by Crippen LogP contribution is 1.92. The molecule has 59 valence electrons. The predicted octanol–water partition coefficient (Wildman–Crippen LogP) is 1.01. The molecule has 0 saturated heterocycles. The Balaban J connectivity index is 2.61. The van der Waals surface area contributed by atoms with Crippen molar-refractivity contribution in [2.45, 2.75) is 12.6 Å². The summed E-state index contributed by atoms with van der Waals surface area (Å²) in [5.41, 5.74) is 0. The Hall–Kier alpha value is -0.603. The quantitative estimate of drug-likeness (QED) is 0.663. The maximum Gasteiger partial charge on any atom is 0.0847 e. The topological polar surface area (TPSA) is 20.2 Å². The van der Waals surface area contributed by atoms with E-state index in [4.69, 9.17) is 5.11 Å². The van der Waals surface area contributed by atoms with Gasteiger partial charge in [0, 0.05) is 6.61 Å². The van der Waals surface area contributed by atoms with Crippen LogP contribution in [0.5, 0.6) is 0 Å². The van der Waals surface area contributed by atoms with Gasteiger partial charge in [0.05, 0.1) is 8.80 Å². The molecule has 1 radical (unpaired) electrons. The summed E-state index contributed by atoms with van der Waals surface area (Å²) in [6.45, 7) is 2.55. The summed E-state index contributed by atoms with van der Waals surface area (Å²) >= 11 is 0. The van der Waals surface area contributed by atoms with Crippen LogP contribution in [0.3, 0.4) is 0 Å². The molecule has 0 heterocycles. The molecule has 0 aliphatic carbocycles. The Morgan fingerprint density at radius 2 is 1.91 bits per heavy atom. The van der Waals surface area contributed by atoms with Crippen molar-refractivity contribution in [2.24, 2.45) is 0 Å². The number of rotatable bonds is 3. The van der Waals surface area contributed by atoms with Crippen molar-refractivity contribution in [3.63, 3.8) is 0 Å². The molecule has 0 aliphatic heterocycles. The Morgan fingerprint density at radius 1 is 1.27 bits per heavy atom. The highest BCUT2D eigenvalue weighted by atomic mass is 28.3. The average Bonchev–Trinajstić information content (AvgIpc) is 2.07. The van der Waals surface area contributed by atoms with Crippen LogP contribution < -0.4 is 5.19 Å². The second-order valence-corrected chi connectivity index (χ2v) is 5.26. The van der Waals surface area contributed by atoms with E-state index in [1.165, 1.54) is 5.19 Å². The van der Waals surface area contributed by atoms with Crippen molar-refractivity contribution in [3.05, 3.63) is 30.3 Å². The molecule has 0 fully saturated rings. The zero-order chi connectivity index (χ0) is 8.10. The van der Waals surface area contributed by atoms with Crippen molar-refractivity contribution in [1.29, 1.82) is 0 Å². The second-order valence-electron chi connectivity index (χ2n) is 2.62. The van der Waals surface area contributed by atoms with Gasteiger partial charge in [-0.15, -0.1) is 0 Å². The highest BCUT2D eigenvalue weighted by Gasteiger charge is 2.04. The molecule has 0 bridgehead atoms. The Morgan fingerprint density at radius 3 is 2.45 bits per heavy atom. The van der Waals surface area contributed by atoms with Crippen LogP contribution >= 0.6 is 0 Å². The summed E-state index contributed by atoms with van der Waals surface area (Å²) in [6.07, 6.45) is 0. The zero-order valence-corrected chi connectivity index (χ0v) is 7.75. The van der Waals surface area contributed by atoms with Crippen LogP contribution in [0.1, 0.15) is 0 Å². The summed E-state index contributed by atoms with van der Waals surface area (Å²) in [6, 6.07) is 11.4. The predicted molar refractivity (Wildman–Crippen MR) is 49.6 cm³/mol. The molecule has 0 atom stereocenters. The maximum atomic E-state index is 8.72. The molecule has 1 N–H and O–H groups in total. The maximum absolute atomic E-state index is 8.72. The first kappa shape index (κ1) is 8.49. The van der Waals surface area contributed by atoms with E-state index in [9.17, 15) is 0 Å². The fraction of sp³-hybridized carbons (Fsp3) is 0.333. The Labute approximate surface area is 69.3 Å². The van der Waals surface area contributed by atoms with Crippen molar-refractivity contribution in [3.8, 4) is 0 Å². The van der Waals surface area contributed by atoms with Gasteiger partial charge in [0.15, 0.2) is 0 Å². The lowest BCUT2D eigenvalue weighted by molar-refractivity contribution is 0.317. The molecule has 0 spiro atoms. The van der Waals surface area contributed by atoms with E-state index in [1.807, 2.05) is 6.07 Å². The molecule has 0 aliphatic rings. The van der Waals surface area contributed by atoms with Gasteiger partial charge in [0.2, 0.25) is 0 Å². The Bertz CT molecular complexity index is 198. The fourth-order valence-corrected chi connectivity index (χ4v) is 2.42.